The summed E-state index contributed by atoms with van der Waals surface area (Å²) < 4.78 is 7.33. The molecule has 0 fully saturated rings. The molecule has 4 rings (SSSR count). The third-order valence-electron chi connectivity index (χ3n) is 4.80. The Morgan fingerprint density at radius 1 is 1.12 bits per heavy atom. The van der Waals surface area contributed by atoms with Crippen LogP contribution in [0.15, 0.2) is 61.3 Å². The van der Waals surface area contributed by atoms with E-state index >= 15 is 0 Å². The number of anilines is 2. The molecular weight excluding hydrogens is 428 g/mol. The number of methoxy groups -OCH3 is 1. The zero-order valence-electron chi connectivity index (χ0n) is 17.8. The summed E-state index contributed by atoms with van der Waals surface area (Å²) in [6.07, 6.45) is 8.31. The normalized spacial score (nSPS) is 10.9. The van der Waals surface area contributed by atoms with Crippen molar-refractivity contribution in [1.29, 1.82) is 0 Å². The Bertz CT molecular complexity index is 1260. The number of carbonyl (C=O) groups is 1. The molecule has 162 valence electrons. The summed E-state index contributed by atoms with van der Waals surface area (Å²) in [4.78, 5) is 25.5. The second-order valence-corrected chi connectivity index (χ2v) is 7.71. The molecule has 0 saturated carbocycles. The van der Waals surface area contributed by atoms with Crippen molar-refractivity contribution in [3.8, 4) is 17.0 Å². The van der Waals surface area contributed by atoms with E-state index in [0.29, 0.717) is 39.2 Å². The van der Waals surface area contributed by atoms with E-state index in [-0.39, 0.29) is 11.8 Å². The first-order valence-corrected chi connectivity index (χ1v) is 10.3. The molecule has 0 spiro atoms. The first kappa shape index (κ1) is 21.5. The van der Waals surface area contributed by atoms with Crippen LogP contribution in [-0.2, 0) is 0 Å². The number of nitrogens with zero attached hydrogens (tertiary/aromatic N) is 5. The maximum Gasteiger partial charge on any atom is 0.227 e. The summed E-state index contributed by atoms with van der Waals surface area (Å²) in [7, 11) is 1.54. The summed E-state index contributed by atoms with van der Waals surface area (Å²) in [6, 6.07) is 8.71. The fraction of sp³-hybridized carbons (Fsp3) is 0.174. The van der Waals surface area contributed by atoms with Gasteiger partial charge >= 0.3 is 0 Å². The minimum atomic E-state index is -0.121. The molecule has 0 bridgehead atoms. The molecule has 1 aromatic carbocycles. The summed E-state index contributed by atoms with van der Waals surface area (Å²) in [5.41, 5.74) is 3.02. The van der Waals surface area contributed by atoms with Crippen LogP contribution in [0.5, 0.6) is 5.75 Å². The van der Waals surface area contributed by atoms with Gasteiger partial charge in [-0.05, 0) is 44.2 Å². The first-order chi connectivity index (χ1) is 15.5. The highest BCUT2D eigenvalue weighted by atomic mass is 35.5. The van der Waals surface area contributed by atoms with Crippen molar-refractivity contribution in [1.82, 2.24) is 24.7 Å². The van der Waals surface area contributed by atoms with E-state index in [1.165, 1.54) is 13.3 Å². The molecule has 8 nitrogen and oxygen atoms in total. The highest BCUT2D eigenvalue weighted by Gasteiger charge is 2.15. The third kappa shape index (κ3) is 4.45. The molecule has 3 aromatic heterocycles. The number of halogens is 1. The van der Waals surface area contributed by atoms with Crippen LogP contribution in [0.2, 0.25) is 5.02 Å². The number of ether oxygens (including phenoxy) is 1. The maximum absolute atomic E-state index is 12.7. The van der Waals surface area contributed by atoms with E-state index in [4.69, 9.17) is 16.3 Å². The van der Waals surface area contributed by atoms with E-state index in [9.17, 15) is 4.79 Å². The lowest BCUT2D eigenvalue weighted by molar-refractivity contribution is 0.103. The Hall–Kier alpha value is -3.78. The lowest BCUT2D eigenvalue weighted by Crippen LogP contribution is -2.04. The molecule has 0 atom stereocenters. The van der Waals surface area contributed by atoms with Crippen LogP contribution >= 0.6 is 11.6 Å². The number of hydrogen-bond donors (Lipinski definition) is 1. The van der Waals surface area contributed by atoms with Gasteiger partial charge in [-0.25, -0.2) is 9.97 Å². The van der Waals surface area contributed by atoms with Crippen LogP contribution in [0, 0.1) is 0 Å². The third-order valence-corrected chi connectivity index (χ3v) is 5.08. The SMILES string of the molecule is COc1cc(C(=O)c2ccncc2)ccc1Nc1ncc(Cl)c(-c2cnn(C(C)C)c2)n1. The number of aromatic nitrogens is 5. The van der Waals surface area contributed by atoms with Gasteiger partial charge in [0.1, 0.15) is 5.75 Å². The van der Waals surface area contributed by atoms with Crippen LogP contribution in [0.3, 0.4) is 0 Å². The zero-order valence-corrected chi connectivity index (χ0v) is 18.5. The van der Waals surface area contributed by atoms with E-state index in [0.717, 1.165) is 5.56 Å². The molecule has 0 saturated heterocycles. The van der Waals surface area contributed by atoms with Crippen LogP contribution < -0.4 is 10.1 Å². The number of nitrogens with one attached hydrogen (secondary N) is 1. The average Bonchev–Trinajstić information content (AvgIpc) is 3.31. The zero-order chi connectivity index (χ0) is 22.7. The van der Waals surface area contributed by atoms with Crippen LogP contribution in [0.25, 0.3) is 11.3 Å². The summed E-state index contributed by atoms with van der Waals surface area (Å²) in [5, 5.41) is 7.91. The molecule has 3 heterocycles. The standard InChI is InChI=1S/C23H21ClN6O2/c1-14(2)30-13-17(11-27-30)21-18(24)12-26-23(29-21)28-19-5-4-16(10-20(19)32-3)22(31)15-6-8-25-9-7-15/h4-14H,1-3H3,(H,26,28,29). The number of carbonyl (C=O) groups excluding carboxylic acids is 1. The summed E-state index contributed by atoms with van der Waals surface area (Å²) in [5.74, 6) is 0.704. The molecule has 0 aliphatic rings. The second kappa shape index (κ2) is 9.15. The Morgan fingerprint density at radius 3 is 2.59 bits per heavy atom. The molecule has 0 aliphatic heterocycles. The Kier molecular flexibility index (Phi) is 6.13. The van der Waals surface area contributed by atoms with Gasteiger partial charge in [0.05, 0.1) is 35.9 Å². The van der Waals surface area contributed by atoms with Crippen molar-refractivity contribution in [3.05, 3.63) is 77.5 Å². The van der Waals surface area contributed by atoms with Gasteiger partial charge in [-0.1, -0.05) is 11.6 Å². The number of benzene rings is 1. The highest BCUT2D eigenvalue weighted by molar-refractivity contribution is 6.32. The van der Waals surface area contributed by atoms with Crippen molar-refractivity contribution in [3.63, 3.8) is 0 Å². The fourth-order valence-electron chi connectivity index (χ4n) is 3.10. The molecule has 4 aromatic rings. The van der Waals surface area contributed by atoms with Gasteiger partial charge in [0.15, 0.2) is 5.78 Å². The van der Waals surface area contributed by atoms with Gasteiger partial charge in [-0.2, -0.15) is 5.10 Å². The Balaban J connectivity index is 1.62. The van der Waals surface area contributed by atoms with Gasteiger partial charge in [0.25, 0.3) is 0 Å². The van der Waals surface area contributed by atoms with Crippen molar-refractivity contribution >= 4 is 29.0 Å². The van der Waals surface area contributed by atoms with Gasteiger partial charge < -0.3 is 10.1 Å². The van der Waals surface area contributed by atoms with Crippen molar-refractivity contribution in [2.75, 3.05) is 12.4 Å². The number of ketones is 1. The molecule has 0 aliphatic carbocycles. The monoisotopic (exact) mass is 448 g/mol. The lowest BCUT2D eigenvalue weighted by Gasteiger charge is -2.12. The topological polar surface area (TPSA) is 94.8 Å². The number of pyridine rings is 1. The van der Waals surface area contributed by atoms with Gasteiger partial charge in [0.2, 0.25) is 5.95 Å². The molecule has 0 radical (unpaired) electrons. The predicted molar refractivity (Wildman–Crippen MR) is 123 cm³/mol. The minimum absolute atomic E-state index is 0.121. The smallest absolute Gasteiger partial charge is 0.227 e. The van der Waals surface area contributed by atoms with Gasteiger partial charge in [-0.15, -0.1) is 0 Å². The molecular formula is C23H21ClN6O2. The van der Waals surface area contributed by atoms with E-state index in [2.05, 4.69) is 25.4 Å². The van der Waals surface area contributed by atoms with Crippen molar-refractivity contribution in [2.24, 2.45) is 0 Å². The Labute approximate surface area is 190 Å². The number of hydrogen-bond acceptors (Lipinski definition) is 7. The van der Waals surface area contributed by atoms with Crippen LogP contribution in [0.1, 0.15) is 35.8 Å². The summed E-state index contributed by atoms with van der Waals surface area (Å²) in [6.45, 7) is 4.08. The summed E-state index contributed by atoms with van der Waals surface area (Å²) >= 11 is 6.34. The maximum atomic E-state index is 12.7. The van der Waals surface area contributed by atoms with Crippen molar-refractivity contribution < 1.29 is 9.53 Å². The highest BCUT2D eigenvalue weighted by Crippen LogP contribution is 2.31. The molecule has 9 heteroatoms. The second-order valence-electron chi connectivity index (χ2n) is 7.30. The largest absolute Gasteiger partial charge is 0.495 e. The first-order valence-electron chi connectivity index (χ1n) is 9.93. The molecule has 1 N–H and O–H groups in total. The van der Waals surface area contributed by atoms with E-state index < -0.39 is 0 Å². The quantitative estimate of drug-likeness (QED) is 0.399. The fourth-order valence-corrected chi connectivity index (χ4v) is 3.30. The van der Waals surface area contributed by atoms with Gasteiger partial charge in [-0.3, -0.25) is 14.5 Å². The van der Waals surface area contributed by atoms with Crippen LogP contribution in [-0.4, -0.2) is 37.6 Å². The Morgan fingerprint density at radius 2 is 1.91 bits per heavy atom. The minimum Gasteiger partial charge on any atom is -0.495 e. The average molecular weight is 449 g/mol. The molecule has 0 unspecified atom stereocenters. The molecule has 32 heavy (non-hydrogen) atoms. The van der Waals surface area contributed by atoms with E-state index in [1.54, 1.807) is 48.9 Å². The van der Waals surface area contributed by atoms with Gasteiger partial charge in [0, 0.05) is 41.3 Å². The lowest BCUT2D eigenvalue weighted by atomic mass is 10.0. The van der Waals surface area contributed by atoms with Crippen LogP contribution in [0.4, 0.5) is 11.6 Å². The predicted octanol–water partition coefficient (Wildman–Crippen LogP) is 4.95. The van der Waals surface area contributed by atoms with Crippen molar-refractivity contribution in [2.45, 2.75) is 19.9 Å². The molecule has 0 amide bonds. The van der Waals surface area contributed by atoms with E-state index in [1.807, 2.05) is 24.7 Å². The number of rotatable bonds is 7.